The lowest BCUT2D eigenvalue weighted by molar-refractivity contribution is 0.925. The van der Waals surface area contributed by atoms with Gasteiger partial charge in [-0.05, 0) is 35.9 Å². The highest BCUT2D eigenvalue weighted by Gasteiger charge is 2.11. The van der Waals surface area contributed by atoms with Gasteiger partial charge in [0.1, 0.15) is 6.07 Å². The van der Waals surface area contributed by atoms with Crippen LogP contribution in [0.1, 0.15) is 11.4 Å². The maximum atomic E-state index is 9.55. The van der Waals surface area contributed by atoms with Gasteiger partial charge in [-0.3, -0.25) is 0 Å². The van der Waals surface area contributed by atoms with E-state index in [4.69, 9.17) is 0 Å². The fourth-order valence-electron chi connectivity index (χ4n) is 2.57. The number of fused-ring (bicyclic) bond motifs is 1. The Bertz CT molecular complexity index is 909. The molecule has 0 saturated heterocycles. The summed E-state index contributed by atoms with van der Waals surface area (Å²) in [6, 6.07) is 18.3. The van der Waals surface area contributed by atoms with E-state index in [0.717, 1.165) is 22.3 Å². The molecule has 23 heavy (non-hydrogen) atoms. The number of rotatable bonds is 3. The molecule has 0 bridgehead atoms. The Morgan fingerprint density at radius 1 is 1.13 bits per heavy atom. The molecule has 2 aromatic carbocycles. The van der Waals surface area contributed by atoms with Gasteiger partial charge >= 0.3 is 0 Å². The second kappa shape index (κ2) is 5.98. The van der Waals surface area contributed by atoms with Crippen molar-refractivity contribution in [3.8, 4) is 6.07 Å². The van der Waals surface area contributed by atoms with Crippen LogP contribution in [0.5, 0.6) is 0 Å². The Hall–Kier alpha value is -3.06. The predicted molar refractivity (Wildman–Crippen MR) is 95.0 cm³/mol. The monoisotopic (exact) mass is 302 g/mol. The summed E-state index contributed by atoms with van der Waals surface area (Å²) in [6.07, 6.45) is 1.88. The molecule has 4 heteroatoms. The number of aromatic nitrogens is 2. The SMILES string of the molecule is CN(C)c1ccc(/C=C(/C#N)c2nc3ccccc3n2C)cc1. The van der Waals surface area contributed by atoms with Gasteiger partial charge in [0.05, 0.1) is 16.6 Å². The first-order chi connectivity index (χ1) is 11.1. The summed E-state index contributed by atoms with van der Waals surface area (Å²) in [5, 5.41) is 9.55. The summed E-state index contributed by atoms with van der Waals surface area (Å²) in [5.74, 6) is 0.686. The van der Waals surface area contributed by atoms with Crippen LogP contribution in [0.4, 0.5) is 5.69 Å². The van der Waals surface area contributed by atoms with Crippen LogP contribution in [0, 0.1) is 11.3 Å². The van der Waals surface area contributed by atoms with E-state index in [-0.39, 0.29) is 0 Å². The van der Waals surface area contributed by atoms with Crippen molar-refractivity contribution in [2.75, 3.05) is 19.0 Å². The maximum absolute atomic E-state index is 9.55. The molecule has 0 fully saturated rings. The molecule has 0 unspecified atom stereocenters. The lowest BCUT2D eigenvalue weighted by Gasteiger charge is -2.11. The highest BCUT2D eigenvalue weighted by molar-refractivity contribution is 5.90. The van der Waals surface area contributed by atoms with Crippen LogP contribution in [0.25, 0.3) is 22.7 Å². The van der Waals surface area contributed by atoms with Crippen molar-refractivity contribution in [1.82, 2.24) is 9.55 Å². The van der Waals surface area contributed by atoms with Crippen LogP contribution < -0.4 is 4.90 Å². The highest BCUT2D eigenvalue weighted by Crippen LogP contribution is 2.22. The number of imidazole rings is 1. The predicted octanol–water partition coefficient (Wildman–Crippen LogP) is 3.70. The van der Waals surface area contributed by atoms with Gasteiger partial charge in [-0.15, -0.1) is 0 Å². The Morgan fingerprint density at radius 2 is 1.83 bits per heavy atom. The standard InChI is InChI=1S/C19H18N4/c1-22(2)16-10-8-14(9-11-16)12-15(13-20)19-21-17-6-4-5-7-18(17)23(19)3/h4-12H,1-3H3/b15-12-. The zero-order valence-electron chi connectivity index (χ0n) is 13.5. The number of anilines is 1. The highest BCUT2D eigenvalue weighted by atomic mass is 15.1. The quantitative estimate of drug-likeness (QED) is 0.693. The Labute approximate surface area is 135 Å². The van der Waals surface area contributed by atoms with Crippen molar-refractivity contribution < 1.29 is 0 Å². The van der Waals surface area contributed by atoms with E-state index >= 15 is 0 Å². The van der Waals surface area contributed by atoms with Crippen molar-refractivity contribution >= 4 is 28.4 Å². The molecule has 0 radical (unpaired) electrons. The Morgan fingerprint density at radius 3 is 2.43 bits per heavy atom. The summed E-state index contributed by atoms with van der Waals surface area (Å²) in [5.41, 5.74) is 4.59. The molecule has 3 rings (SSSR count). The smallest absolute Gasteiger partial charge is 0.151 e. The molecule has 0 amide bonds. The van der Waals surface area contributed by atoms with Crippen LogP contribution >= 0.6 is 0 Å². The number of hydrogen-bond donors (Lipinski definition) is 0. The van der Waals surface area contributed by atoms with E-state index in [1.807, 2.05) is 85.2 Å². The molecule has 0 N–H and O–H groups in total. The van der Waals surface area contributed by atoms with Crippen molar-refractivity contribution in [3.63, 3.8) is 0 Å². The van der Waals surface area contributed by atoms with E-state index in [1.54, 1.807) is 0 Å². The van der Waals surface area contributed by atoms with Crippen molar-refractivity contribution in [1.29, 1.82) is 5.26 Å². The fourth-order valence-corrected chi connectivity index (χ4v) is 2.57. The molecular weight excluding hydrogens is 284 g/mol. The Balaban J connectivity index is 2.04. The third-order valence-electron chi connectivity index (χ3n) is 3.87. The number of benzene rings is 2. The normalized spacial score (nSPS) is 11.5. The minimum Gasteiger partial charge on any atom is -0.378 e. The third kappa shape index (κ3) is 2.82. The third-order valence-corrected chi connectivity index (χ3v) is 3.87. The zero-order chi connectivity index (χ0) is 16.4. The summed E-state index contributed by atoms with van der Waals surface area (Å²) >= 11 is 0. The summed E-state index contributed by atoms with van der Waals surface area (Å²) < 4.78 is 1.96. The average Bonchev–Trinajstić information content (AvgIpc) is 2.90. The topological polar surface area (TPSA) is 44.9 Å². The molecule has 0 aliphatic carbocycles. The molecule has 0 spiro atoms. The van der Waals surface area contributed by atoms with Crippen LogP contribution in [-0.4, -0.2) is 23.6 Å². The molecule has 0 saturated carbocycles. The average molecular weight is 302 g/mol. The minimum absolute atomic E-state index is 0.557. The Kier molecular flexibility index (Phi) is 3.86. The number of allylic oxidation sites excluding steroid dienone is 1. The molecule has 0 aliphatic rings. The van der Waals surface area contributed by atoms with Crippen molar-refractivity contribution in [2.45, 2.75) is 0 Å². The van der Waals surface area contributed by atoms with Gasteiger partial charge in [-0.1, -0.05) is 24.3 Å². The van der Waals surface area contributed by atoms with Gasteiger partial charge in [0, 0.05) is 26.8 Å². The lowest BCUT2D eigenvalue weighted by atomic mass is 10.1. The van der Waals surface area contributed by atoms with E-state index < -0.39 is 0 Å². The van der Waals surface area contributed by atoms with Crippen LogP contribution in [0.3, 0.4) is 0 Å². The maximum Gasteiger partial charge on any atom is 0.151 e. The van der Waals surface area contributed by atoms with Gasteiger partial charge in [0.15, 0.2) is 5.82 Å². The number of nitrogens with zero attached hydrogens (tertiary/aromatic N) is 4. The van der Waals surface area contributed by atoms with Gasteiger partial charge in [0.2, 0.25) is 0 Å². The van der Waals surface area contributed by atoms with Crippen LogP contribution in [-0.2, 0) is 7.05 Å². The summed E-state index contributed by atoms with van der Waals surface area (Å²) in [7, 11) is 5.95. The molecular formula is C19H18N4. The van der Waals surface area contributed by atoms with Crippen molar-refractivity contribution in [3.05, 3.63) is 59.9 Å². The first kappa shape index (κ1) is 14.9. The van der Waals surface area contributed by atoms with Gasteiger partial charge in [0.25, 0.3) is 0 Å². The molecule has 0 aliphatic heterocycles. The largest absolute Gasteiger partial charge is 0.378 e. The molecule has 3 aromatic rings. The summed E-state index contributed by atoms with van der Waals surface area (Å²) in [4.78, 5) is 6.64. The van der Waals surface area contributed by atoms with E-state index in [9.17, 15) is 5.26 Å². The number of para-hydroxylation sites is 2. The van der Waals surface area contributed by atoms with Crippen molar-refractivity contribution in [2.24, 2.45) is 7.05 Å². The number of hydrogen-bond acceptors (Lipinski definition) is 3. The lowest BCUT2D eigenvalue weighted by Crippen LogP contribution is -2.07. The fraction of sp³-hybridized carbons (Fsp3) is 0.158. The van der Waals surface area contributed by atoms with E-state index in [0.29, 0.717) is 11.4 Å². The van der Waals surface area contributed by atoms with E-state index in [1.165, 1.54) is 0 Å². The van der Waals surface area contributed by atoms with Gasteiger partial charge in [-0.25, -0.2) is 4.98 Å². The molecule has 0 atom stereocenters. The van der Waals surface area contributed by atoms with Gasteiger partial charge < -0.3 is 9.47 Å². The first-order valence-corrected chi connectivity index (χ1v) is 7.41. The summed E-state index contributed by atoms with van der Waals surface area (Å²) in [6.45, 7) is 0. The second-order valence-corrected chi connectivity index (χ2v) is 5.64. The van der Waals surface area contributed by atoms with Crippen LogP contribution in [0.2, 0.25) is 0 Å². The number of nitriles is 1. The van der Waals surface area contributed by atoms with E-state index in [2.05, 4.69) is 11.1 Å². The molecule has 114 valence electrons. The first-order valence-electron chi connectivity index (χ1n) is 7.41. The van der Waals surface area contributed by atoms with Crippen LogP contribution in [0.15, 0.2) is 48.5 Å². The minimum atomic E-state index is 0.557. The number of aryl methyl sites for hydroxylation is 1. The second-order valence-electron chi connectivity index (χ2n) is 5.64. The molecule has 4 nitrogen and oxygen atoms in total. The molecule has 1 aromatic heterocycles. The zero-order valence-corrected chi connectivity index (χ0v) is 13.5. The van der Waals surface area contributed by atoms with Gasteiger partial charge in [-0.2, -0.15) is 5.26 Å². The molecule has 1 heterocycles.